The number of rotatable bonds is 7. The fourth-order valence-electron chi connectivity index (χ4n) is 3.60. The summed E-state index contributed by atoms with van der Waals surface area (Å²) in [6.07, 6.45) is 4.09. The predicted octanol–water partition coefficient (Wildman–Crippen LogP) is 3.08. The van der Waals surface area contributed by atoms with E-state index in [1.807, 2.05) is 12.1 Å². The minimum Gasteiger partial charge on any atom is -0.495 e. The van der Waals surface area contributed by atoms with Gasteiger partial charge in [0.05, 0.1) is 20.3 Å². The van der Waals surface area contributed by atoms with Gasteiger partial charge in [-0.1, -0.05) is 6.92 Å². The molecule has 1 aliphatic carbocycles. The number of hydrogen-bond acceptors (Lipinski definition) is 6. The zero-order valence-electron chi connectivity index (χ0n) is 17.5. The number of carbonyl (C=O) groups excluding carboxylic acids is 1. The molecule has 9 heteroatoms. The van der Waals surface area contributed by atoms with E-state index < -0.39 is 15.9 Å². The van der Waals surface area contributed by atoms with E-state index in [1.54, 1.807) is 12.1 Å². The summed E-state index contributed by atoms with van der Waals surface area (Å²) in [6.45, 7) is 3.41. The number of methoxy groups -OCH3 is 1. The Hall–Kier alpha value is -2.62. The predicted molar refractivity (Wildman–Crippen MR) is 115 cm³/mol. The number of nitrogens with zero attached hydrogens (tertiary/aromatic N) is 1. The molecule has 1 aromatic heterocycles. The van der Waals surface area contributed by atoms with Gasteiger partial charge in [-0.15, -0.1) is 0 Å². The van der Waals surface area contributed by atoms with Crippen molar-refractivity contribution in [3.8, 4) is 5.75 Å². The van der Waals surface area contributed by atoms with Crippen molar-refractivity contribution in [2.24, 2.45) is 5.92 Å². The molecule has 2 aromatic rings. The number of furan rings is 1. The van der Waals surface area contributed by atoms with Crippen LogP contribution in [0.15, 0.2) is 45.7 Å². The number of amides is 1. The summed E-state index contributed by atoms with van der Waals surface area (Å²) in [5, 5.41) is 2.70. The molecule has 166 valence electrons. The van der Waals surface area contributed by atoms with Gasteiger partial charge in [0.1, 0.15) is 22.2 Å². The Morgan fingerprint density at radius 3 is 2.65 bits per heavy atom. The van der Waals surface area contributed by atoms with Gasteiger partial charge in [-0.05, 0) is 48.7 Å². The van der Waals surface area contributed by atoms with E-state index in [0.29, 0.717) is 36.5 Å². The van der Waals surface area contributed by atoms with Gasteiger partial charge in [0, 0.05) is 30.8 Å². The molecule has 1 saturated heterocycles. The molecule has 1 saturated carbocycles. The first-order valence-corrected chi connectivity index (χ1v) is 11.7. The van der Waals surface area contributed by atoms with Crippen molar-refractivity contribution in [1.82, 2.24) is 4.31 Å². The second-order valence-corrected chi connectivity index (χ2v) is 9.67. The molecule has 0 bridgehead atoms. The third kappa shape index (κ3) is 4.84. The van der Waals surface area contributed by atoms with E-state index in [9.17, 15) is 13.2 Å². The van der Waals surface area contributed by atoms with Gasteiger partial charge in [0.2, 0.25) is 15.9 Å². The molecule has 8 nitrogen and oxygen atoms in total. The molecule has 4 rings (SSSR count). The lowest BCUT2D eigenvalue weighted by Gasteiger charge is -2.26. The summed E-state index contributed by atoms with van der Waals surface area (Å²) in [4.78, 5) is 12.4. The molecular formula is C22H26N2O6S. The maximum Gasteiger partial charge on any atom is 0.248 e. The standard InChI is InChI=1S/C22H26N2O6S/c1-15-13-18(15)19-7-4-17(30-19)5-8-22(25)23-16-3-6-20(28-2)21(14-16)31(26,27)24-9-11-29-12-10-24/h3-8,14-15,18H,9-13H2,1-2H3,(H,23,25)/b8-5+/t15-,18-/m1/s1. The highest BCUT2D eigenvalue weighted by molar-refractivity contribution is 7.89. The van der Waals surface area contributed by atoms with Crippen molar-refractivity contribution < 1.29 is 27.1 Å². The third-order valence-corrected chi connectivity index (χ3v) is 7.46. The maximum absolute atomic E-state index is 13.1. The molecule has 1 amide bonds. The van der Waals surface area contributed by atoms with Crippen LogP contribution in [0.2, 0.25) is 0 Å². The fraction of sp³-hybridized carbons (Fsp3) is 0.409. The van der Waals surface area contributed by atoms with Crippen LogP contribution in [0.4, 0.5) is 5.69 Å². The van der Waals surface area contributed by atoms with Gasteiger partial charge in [-0.25, -0.2) is 8.42 Å². The lowest BCUT2D eigenvalue weighted by molar-refractivity contribution is -0.111. The summed E-state index contributed by atoms with van der Waals surface area (Å²) in [5.74, 6) is 2.50. The first kappa shape index (κ1) is 21.6. The average molecular weight is 447 g/mol. The Kier molecular flexibility index (Phi) is 6.17. The first-order valence-electron chi connectivity index (χ1n) is 10.2. The van der Waals surface area contributed by atoms with Crippen molar-refractivity contribution in [2.45, 2.75) is 24.2 Å². The number of morpholine rings is 1. The smallest absolute Gasteiger partial charge is 0.248 e. The van der Waals surface area contributed by atoms with Gasteiger partial charge in [0.15, 0.2) is 0 Å². The average Bonchev–Trinajstić information content (AvgIpc) is 3.32. The minimum atomic E-state index is -3.78. The largest absolute Gasteiger partial charge is 0.495 e. The molecule has 0 radical (unpaired) electrons. The molecular weight excluding hydrogens is 420 g/mol. The number of anilines is 1. The number of benzene rings is 1. The van der Waals surface area contributed by atoms with Crippen LogP contribution in [0.25, 0.3) is 6.08 Å². The minimum absolute atomic E-state index is 0.00732. The zero-order valence-corrected chi connectivity index (χ0v) is 18.4. The second-order valence-electron chi connectivity index (χ2n) is 7.76. The van der Waals surface area contributed by atoms with Crippen molar-refractivity contribution in [1.29, 1.82) is 0 Å². The van der Waals surface area contributed by atoms with Gasteiger partial charge in [-0.2, -0.15) is 4.31 Å². The molecule has 1 N–H and O–H groups in total. The highest BCUT2D eigenvalue weighted by Crippen LogP contribution is 2.47. The molecule has 2 heterocycles. The topological polar surface area (TPSA) is 98.1 Å². The molecule has 1 aromatic carbocycles. The van der Waals surface area contributed by atoms with Gasteiger partial charge >= 0.3 is 0 Å². The number of nitrogens with one attached hydrogen (secondary N) is 1. The lowest BCUT2D eigenvalue weighted by Crippen LogP contribution is -2.40. The molecule has 31 heavy (non-hydrogen) atoms. The van der Waals surface area contributed by atoms with E-state index in [2.05, 4.69) is 12.2 Å². The molecule has 1 aliphatic heterocycles. The summed E-state index contributed by atoms with van der Waals surface area (Å²) in [6, 6.07) is 8.32. The van der Waals surface area contributed by atoms with Crippen molar-refractivity contribution in [2.75, 3.05) is 38.7 Å². The van der Waals surface area contributed by atoms with Crippen LogP contribution < -0.4 is 10.1 Å². The van der Waals surface area contributed by atoms with Crippen LogP contribution in [-0.2, 0) is 19.6 Å². The van der Waals surface area contributed by atoms with Gasteiger partial charge in [-0.3, -0.25) is 4.79 Å². The van der Waals surface area contributed by atoms with Crippen LogP contribution in [0, 0.1) is 5.92 Å². The number of hydrogen-bond donors (Lipinski definition) is 1. The van der Waals surface area contributed by atoms with Gasteiger partial charge < -0.3 is 19.2 Å². The first-order chi connectivity index (χ1) is 14.9. The van der Waals surface area contributed by atoms with E-state index in [-0.39, 0.29) is 23.7 Å². The molecule has 2 aliphatic rings. The summed E-state index contributed by atoms with van der Waals surface area (Å²) in [7, 11) is -2.37. The van der Waals surface area contributed by atoms with Crippen LogP contribution in [0.5, 0.6) is 5.75 Å². The highest BCUT2D eigenvalue weighted by atomic mass is 32.2. The van der Waals surface area contributed by atoms with Crippen LogP contribution in [-0.4, -0.2) is 52.0 Å². The number of ether oxygens (including phenoxy) is 2. The van der Waals surface area contributed by atoms with E-state index in [1.165, 1.54) is 29.6 Å². The summed E-state index contributed by atoms with van der Waals surface area (Å²) >= 11 is 0. The third-order valence-electron chi connectivity index (χ3n) is 5.54. The second kappa shape index (κ2) is 8.86. The summed E-state index contributed by atoms with van der Waals surface area (Å²) in [5.41, 5.74) is 0.356. The fourth-order valence-corrected chi connectivity index (χ4v) is 5.19. The molecule has 2 atom stereocenters. The molecule has 0 unspecified atom stereocenters. The van der Waals surface area contributed by atoms with Crippen molar-refractivity contribution >= 4 is 27.7 Å². The van der Waals surface area contributed by atoms with Crippen LogP contribution in [0.1, 0.15) is 30.8 Å². The normalized spacial score (nSPS) is 21.9. The Morgan fingerprint density at radius 2 is 1.97 bits per heavy atom. The molecule has 0 spiro atoms. The van der Waals surface area contributed by atoms with E-state index in [0.717, 1.165) is 12.2 Å². The number of sulfonamides is 1. The Bertz CT molecular complexity index is 1090. The Labute approximate surface area is 181 Å². The number of carbonyl (C=O) groups is 1. The Balaban J connectivity index is 1.47. The van der Waals surface area contributed by atoms with E-state index >= 15 is 0 Å². The maximum atomic E-state index is 13.1. The molecule has 2 fully saturated rings. The summed E-state index contributed by atoms with van der Waals surface area (Å²) < 4.78 is 43.7. The van der Waals surface area contributed by atoms with Crippen molar-refractivity contribution in [3.63, 3.8) is 0 Å². The van der Waals surface area contributed by atoms with E-state index in [4.69, 9.17) is 13.9 Å². The zero-order chi connectivity index (χ0) is 22.0. The monoisotopic (exact) mass is 446 g/mol. The Morgan fingerprint density at radius 1 is 1.23 bits per heavy atom. The van der Waals surface area contributed by atoms with Crippen LogP contribution in [0.3, 0.4) is 0 Å². The SMILES string of the molecule is COc1ccc(NC(=O)/C=C/c2ccc([C@@H]3C[C@H]3C)o2)cc1S(=O)(=O)N1CCOCC1. The quantitative estimate of drug-likeness (QED) is 0.657. The highest BCUT2D eigenvalue weighted by Gasteiger charge is 2.36. The van der Waals surface area contributed by atoms with Gasteiger partial charge in [0.25, 0.3) is 0 Å². The lowest BCUT2D eigenvalue weighted by atomic mass is 10.3. The van der Waals surface area contributed by atoms with Crippen molar-refractivity contribution in [3.05, 3.63) is 47.9 Å². The van der Waals surface area contributed by atoms with Crippen LogP contribution >= 0.6 is 0 Å².